The van der Waals surface area contributed by atoms with Crippen LogP contribution >= 0.6 is 0 Å². The van der Waals surface area contributed by atoms with Crippen molar-refractivity contribution in [2.45, 2.75) is 19.4 Å². The van der Waals surface area contributed by atoms with Gasteiger partial charge in [0.05, 0.1) is 24.7 Å². The van der Waals surface area contributed by atoms with Crippen molar-refractivity contribution < 1.29 is 5.11 Å². The summed E-state index contributed by atoms with van der Waals surface area (Å²) < 4.78 is 0. The minimum absolute atomic E-state index is 0.0496. The number of rotatable bonds is 4. The molecule has 100 valence electrons. The first-order valence-electron chi connectivity index (χ1n) is 6.50. The summed E-state index contributed by atoms with van der Waals surface area (Å²) >= 11 is 0. The molecule has 1 N–H and O–H groups in total. The van der Waals surface area contributed by atoms with E-state index in [0.29, 0.717) is 5.69 Å². The highest BCUT2D eigenvalue weighted by Gasteiger charge is 2.18. The van der Waals surface area contributed by atoms with Crippen LogP contribution in [0.15, 0.2) is 12.4 Å². The number of aliphatic hydroxyl groups excluding tert-OH is 1. The van der Waals surface area contributed by atoms with Crippen molar-refractivity contribution in [1.82, 2.24) is 14.9 Å². The van der Waals surface area contributed by atoms with Gasteiger partial charge < -0.3 is 14.9 Å². The molecule has 2 rings (SSSR count). The van der Waals surface area contributed by atoms with Crippen molar-refractivity contribution in [2.75, 3.05) is 38.6 Å². The second kappa shape index (κ2) is 6.11. The van der Waals surface area contributed by atoms with E-state index in [1.807, 2.05) is 0 Å². The van der Waals surface area contributed by atoms with E-state index in [0.717, 1.165) is 18.3 Å². The van der Waals surface area contributed by atoms with Crippen molar-refractivity contribution >= 4 is 5.82 Å². The van der Waals surface area contributed by atoms with Crippen molar-refractivity contribution in [1.29, 1.82) is 0 Å². The smallest absolute Gasteiger partial charge is 0.146 e. The molecule has 1 fully saturated rings. The lowest BCUT2D eigenvalue weighted by Gasteiger charge is -2.31. The van der Waals surface area contributed by atoms with Gasteiger partial charge in [-0.05, 0) is 38.9 Å². The van der Waals surface area contributed by atoms with Gasteiger partial charge in [0.25, 0.3) is 0 Å². The first-order valence-corrected chi connectivity index (χ1v) is 6.50. The first kappa shape index (κ1) is 13.2. The highest BCUT2D eigenvalue weighted by molar-refractivity contribution is 5.34. The lowest BCUT2D eigenvalue weighted by molar-refractivity contribution is 0.222. The van der Waals surface area contributed by atoms with Gasteiger partial charge in [0.1, 0.15) is 5.82 Å². The maximum absolute atomic E-state index is 8.93. The van der Waals surface area contributed by atoms with E-state index in [1.54, 1.807) is 12.4 Å². The van der Waals surface area contributed by atoms with Gasteiger partial charge in [-0.15, -0.1) is 0 Å². The number of aliphatic hydroxyl groups is 1. The molecule has 0 aliphatic carbocycles. The molecule has 0 bridgehead atoms. The van der Waals surface area contributed by atoms with Gasteiger partial charge >= 0.3 is 0 Å². The summed E-state index contributed by atoms with van der Waals surface area (Å²) in [5.41, 5.74) is 0.617. The molecule has 1 saturated heterocycles. The Bertz CT molecular complexity index is 360. The molecule has 0 amide bonds. The largest absolute Gasteiger partial charge is 0.390 e. The van der Waals surface area contributed by atoms with Crippen molar-refractivity contribution in [3.8, 4) is 0 Å². The van der Waals surface area contributed by atoms with E-state index < -0.39 is 0 Å². The number of anilines is 1. The van der Waals surface area contributed by atoms with E-state index in [-0.39, 0.29) is 6.61 Å². The molecule has 5 nitrogen and oxygen atoms in total. The van der Waals surface area contributed by atoms with Crippen LogP contribution in [0.4, 0.5) is 5.82 Å². The Morgan fingerprint density at radius 2 is 2.06 bits per heavy atom. The predicted molar refractivity (Wildman–Crippen MR) is 71.4 cm³/mol. The Hall–Kier alpha value is -1.20. The second-order valence-electron chi connectivity index (χ2n) is 5.15. The molecule has 1 aromatic heterocycles. The summed E-state index contributed by atoms with van der Waals surface area (Å²) in [5.74, 6) is 1.62. The minimum Gasteiger partial charge on any atom is -0.390 e. The summed E-state index contributed by atoms with van der Waals surface area (Å²) in [4.78, 5) is 13.0. The Morgan fingerprint density at radius 1 is 1.33 bits per heavy atom. The average Bonchev–Trinajstić information content (AvgIpc) is 2.41. The minimum atomic E-state index is -0.0496. The topological polar surface area (TPSA) is 52.5 Å². The van der Waals surface area contributed by atoms with Crippen LogP contribution in [0.3, 0.4) is 0 Å². The molecule has 2 heterocycles. The summed E-state index contributed by atoms with van der Waals surface area (Å²) in [5, 5.41) is 8.93. The van der Waals surface area contributed by atoms with Crippen LogP contribution in [0.2, 0.25) is 0 Å². The van der Waals surface area contributed by atoms with E-state index in [2.05, 4.69) is 33.9 Å². The molecular weight excluding hydrogens is 228 g/mol. The van der Waals surface area contributed by atoms with E-state index in [9.17, 15) is 0 Å². The predicted octanol–water partition coefficient (Wildman–Crippen LogP) is 0.747. The molecule has 0 aromatic carbocycles. The molecule has 0 saturated carbocycles. The third-order valence-corrected chi connectivity index (χ3v) is 3.61. The molecular formula is C13H22N4O. The highest BCUT2D eigenvalue weighted by Crippen LogP contribution is 2.19. The van der Waals surface area contributed by atoms with Crippen LogP contribution in [0.1, 0.15) is 18.5 Å². The molecule has 1 aromatic rings. The maximum atomic E-state index is 8.93. The quantitative estimate of drug-likeness (QED) is 0.854. The Balaban J connectivity index is 1.88. The van der Waals surface area contributed by atoms with Gasteiger partial charge in [0.2, 0.25) is 0 Å². The van der Waals surface area contributed by atoms with Gasteiger partial charge in [-0.2, -0.15) is 0 Å². The average molecular weight is 250 g/mol. The normalized spacial score (nSPS) is 17.9. The number of nitrogens with zero attached hydrogens (tertiary/aromatic N) is 4. The van der Waals surface area contributed by atoms with E-state index in [4.69, 9.17) is 5.11 Å². The molecule has 0 radical (unpaired) electrons. The molecule has 0 unspecified atom stereocenters. The van der Waals surface area contributed by atoms with Crippen LogP contribution in [-0.2, 0) is 6.61 Å². The number of aromatic nitrogens is 2. The summed E-state index contributed by atoms with van der Waals surface area (Å²) in [6, 6.07) is 0. The number of hydrogen-bond acceptors (Lipinski definition) is 5. The van der Waals surface area contributed by atoms with Gasteiger partial charge in [0, 0.05) is 13.6 Å². The summed E-state index contributed by atoms with van der Waals surface area (Å²) in [6.45, 7) is 3.36. The Labute approximate surface area is 108 Å². The number of hydrogen-bond donors (Lipinski definition) is 1. The zero-order valence-corrected chi connectivity index (χ0v) is 11.2. The highest BCUT2D eigenvalue weighted by atomic mass is 16.3. The van der Waals surface area contributed by atoms with E-state index in [1.165, 1.54) is 25.9 Å². The molecule has 0 atom stereocenters. The number of likely N-dealkylation sites (tertiary alicyclic amines) is 1. The van der Waals surface area contributed by atoms with Crippen LogP contribution in [-0.4, -0.2) is 53.7 Å². The molecule has 1 aliphatic rings. The number of piperidine rings is 1. The fourth-order valence-corrected chi connectivity index (χ4v) is 2.35. The third-order valence-electron chi connectivity index (χ3n) is 3.61. The first-order chi connectivity index (χ1) is 8.69. The molecule has 0 spiro atoms. The van der Waals surface area contributed by atoms with Gasteiger partial charge in [-0.25, -0.2) is 4.98 Å². The zero-order valence-electron chi connectivity index (χ0n) is 11.2. The van der Waals surface area contributed by atoms with Gasteiger partial charge in [-0.1, -0.05) is 0 Å². The third kappa shape index (κ3) is 3.40. The van der Waals surface area contributed by atoms with Crippen molar-refractivity contribution in [3.05, 3.63) is 18.1 Å². The molecule has 5 heteroatoms. The van der Waals surface area contributed by atoms with Gasteiger partial charge in [-0.3, -0.25) is 4.98 Å². The maximum Gasteiger partial charge on any atom is 0.146 e. The van der Waals surface area contributed by atoms with Crippen LogP contribution in [0.25, 0.3) is 0 Å². The van der Waals surface area contributed by atoms with Crippen molar-refractivity contribution in [2.24, 2.45) is 5.92 Å². The van der Waals surface area contributed by atoms with E-state index >= 15 is 0 Å². The molecule has 1 aliphatic heterocycles. The lowest BCUT2D eigenvalue weighted by atomic mass is 9.97. The van der Waals surface area contributed by atoms with Gasteiger partial charge in [0.15, 0.2) is 0 Å². The van der Waals surface area contributed by atoms with Crippen LogP contribution in [0.5, 0.6) is 0 Å². The summed E-state index contributed by atoms with van der Waals surface area (Å²) in [7, 11) is 4.24. The zero-order chi connectivity index (χ0) is 13.0. The monoisotopic (exact) mass is 250 g/mol. The van der Waals surface area contributed by atoms with Crippen molar-refractivity contribution in [3.63, 3.8) is 0 Å². The molecule has 18 heavy (non-hydrogen) atoms. The van der Waals surface area contributed by atoms with Crippen LogP contribution < -0.4 is 4.90 Å². The Kier molecular flexibility index (Phi) is 4.49. The fourth-order valence-electron chi connectivity index (χ4n) is 2.35. The lowest BCUT2D eigenvalue weighted by Crippen LogP contribution is -2.36. The van der Waals surface area contributed by atoms with Crippen LogP contribution in [0, 0.1) is 5.92 Å². The second-order valence-corrected chi connectivity index (χ2v) is 5.15. The fraction of sp³-hybridized carbons (Fsp3) is 0.692. The standard InChI is InChI=1S/C13H22N4O/c1-16-5-3-11(4-6-16)9-17(2)13-8-14-12(10-18)7-15-13/h7-8,11,18H,3-6,9-10H2,1-2H3. The summed E-state index contributed by atoms with van der Waals surface area (Å²) in [6.07, 6.45) is 5.88. The SMILES string of the molecule is CN1CCC(CN(C)c2cnc(CO)cn2)CC1. The Morgan fingerprint density at radius 3 is 2.61 bits per heavy atom.